The normalized spacial score (nSPS) is 19.3. The van der Waals surface area contributed by atoms with E-state index >= 15 is 0 Å². The average molecular weight is 205 g/mol. The van der Waals surface area contributed by atoms with Gasteiger partial charge in [0, 0.05) is 12.0 Å². The van der Waals surface area contributed by atoms with E-state index in [0.717, 1.165) is 11.1 Å². The molecule has 1 aromatic carbocycles. The first kappa shape index (κ1) is 9.71. The minimum atomic E-state index is -0.991. The highest BCUT2D eigenvalue weighted by Gasteiger charge is 2.28. The molecule has 1 atom stereocenters. The number of nitrogens with one attached hydrogen (secondary N) is 1. The molecule has 1 aromatic rings. The summed E-state index contributed by atoms with van der Waals surface area (Å²) in [6.45, 7) is 1.90. The lowest BCUT2D eigenvalue weighted by molar-refractivity contribution is -0.139. The Morgan fingerprint density at radius 1 is 1.53 bits per heavy atom. The van der Waals surface area contributed by atoms with Crippen LogP contribution >= 0.6 is 0 Å². The SMILES string of the molecule is Cc1ccc2c(c1)C(=O)NC(C(=O)O)C2. The van der Waals surface area contributed by atoms with E-state index in [1.165, 1.54) is 0 Å². The molecule has 1 aliphatic rings. The maximum atomic E-state index is 11.6. The van der Waals surface area contributed by atoms with Crippen LogP contribution in [0.1, 0.15) is 21.5 Å². The number of benzene rings is 1. The van der Waals surface area contributed by atoms with Crippen molar-refractivity contribution in [1.29, 1.82) is 0 Å². The van der Waals surface area contributed by atoms with Crippen molar-refractivity contribution in [2.24, 2.45) is 0 Å². The van der Waals surface area contributed by atoms with Gasteiger partial charge in [0.15, 0.2) is 0 Å². The van der Waals surface area contributed by atoms with Crippen LogP contribution in [0.2, 0.25) is 0 Å². The Labute approximate surface area is 86.9 Å². The summed E-state index contributed by atoms with van der Waals surface area (Å²) in [6, 6.07) is 4.69. The summed E-state index contributed by atoms with van der Waals surface area (Å²) in [4.78, 5) is 22.3. The minimum absolute atomic E-state index is 0.299. The van der Waals surface area contributed by atoms with Gasteiger partial charge in [-0.15, -0.1) is 0 Å². The second-order valence-corrected chi connectivity index (χ2v) is 3.73. The van der Waals surface area contributed by atoms with Gasteiger partial charge in [0.2, 0.25) is 0 Å². The van der Waals surface area contributed by atoms with Crippen molar-refractivity contribution in [2.45, 2.75) is 19.4 Å². The first-order valence-electron chi connectivity index (χ1n) is 4.71. The Morgan fingerprint density at radius 3 is 2.93 bits per heavy atom. The predicted molar refractivity (Wildman–Crippen MR) is 53.8 cm³/mol. The quantitative estimate of drug-likeness (QED) is 0.710. The van der Waals surface area contributed by atoms with E-state index in [1.54, 1.807) is 6.07 Å². The number of carbonyl (C=O) groups excluding carboxylic acids is 1. The van der Waals surface area contributed by atoms with Gasteiger partial charge in [0.1, 0.15) is 6.04 Å². The number of carboxylic acids is 1. The zero-order valence-corrected chi connectivity index (χ0v) is 8.28. The Morgan fingerprint density at radius 2 is 2.27 bits per heavy atom. The van der Waals surface area contributed by atoms with Crippen molar-refractivity contribution >= 4 is 11.9 Å². The molecule has 0 fully saturated rings. The summed E-state index contributed by atoms with van der Waals surface area (Å²) < 4.78 is 0. The molecule has 1 aliphatic heterocycles. The molecule has 2 N–H and O–H groups in total. The smallest absolute Gasteiger partial charge is 0.326 e. The first-order chi connectivity index (χ1) is 7.08. The van der Waals surface area contributed by atoms with Crippen LogP contribution in [0.15, 0.2) is 18.2 Å². The molecular weight excluding hydrogens is 194 g/mol. The van der Waals surface area contributed by atoms with E-state index in [4.69, 9.17) is 5.11 Å². The maximum Gasteiger partial charge on any atom is 0.326 e. The van der Waals surface area contributed by atoms with Crippen LogP contribution in [0.5, 0.6) is 0 Å². The van der Waals surface area contributed by atoms with E-state index in [9.17, 15) is 9.59 Å². The van der Waals surface area contributed by atoms with Gasteiger partial charge in [-0.2, -0.15) is 0 Å². The van der Waals surface area contributed by atoms with Gasteiger partial charge in [-0.1, -0.05) is 17.7 Å². The van der Waals surface area contributed by atoms with Crippen molar-refractivity contribution in [3.05, 3.63) is 34.9 Å². The van der Waals surface area contributed by atoms with Gasteiger partial charge in [-0.3, -0.25) is 4.79 Å². The van der Waals surface area contributed by atoms with Crippen LogP contribution < -0.4 is 5.32 Å². The van der Waals surface area contributed by atoms with E-state index in [-0.39, 0.29) is 5.91 Å². The zero-order valence-electron chi connectivity index (χ0n) is 8.28. The number of aliphatic carboxylic acids is 1. The number of carboxylic acid groups (broad SMARTS) is 1. The van der Waals surface area contributed by atoms with Gasteiger partial charge in [-0.05, 0) is 18.6 Å². The third kappa shape index (κ3) is 1.70. The molecule has 0 radical (unpaired) electrons. The first-order valence-corrected chi connectivity index (χ1v) is 4.71. The van der Waals surface area contributed by atoms with Crippen molar-refractivity contribution in [1.82, 2.24) is 5.32 Å². The molecule has 78 valence electrons. The number of hydrogen-bond donors (Lipinski definition) is 2. The largest absolute Gasteiger partial charge is 0.480 e. The number of carbonyl (C=O) groups is 2. The number of rotatable bonds is 1. The second kappa shape index (κ2) is 3.38. The monoisotopic (exact) mass is 205 g/mol. The summed E-state index contributed by atoms with van der Waals surface area (Å²) in [6.07, 6.45) is 0.358. The fourth-order valence-electron chi connectivity index (χ4n) is 1.74. The molecule has 0 saturated carbocycles. The highest BCUT2D eigenvalue weighted by molar-refractivity contribution is 5.99. The third-order valence-electron chi connectivity index (χ3n) is 2.54. The van der Waals surface area contributed by atoms with Crippen LogP contribution in [0.4, 0.5) is 0 Å². The van der Waals surface area contributed by atoms with Crippen LogP contribution in [0, 0.1) is 6.92 Å². The van der Waals surface area contributed by atoms with Crippen LogP contribution in [0.3, 0.4) is 0 Å². The molecule has 0 aliphatic carbocycles. The molecule has 15 heavy (non-hydrogen) atoms. The van der Waals surface area contributed by atoms with E-state index < -0.39 is 12.0 Å². The molecule has 2 rings (SSSR count). The molecule has 0 saturated heterocycles. The minimum Gasteiger partial charge on any atom is -0.480 e. The summed E-state index contributed by atoms with van der Waals surface area (Å²) >= 11 is 0. The number of aryl methyl sites for hydroxylation is 1. The molecule has 0 spiro atoms. The Bertz CT molecular complexity index is 439. The maximum absolute atomic E-state index is 11.6. The molecule has 1 unspecified atom stereocenters. The highest BCUT2D eigenvalue weighted by atomic mass is 16.4. The highest BCUT2D eigenvalue weighted by Crippen LogP contribution is 2.18. The average Bonchev–Trinajstić information content (AvgIpc) is 2.18. The van der Waals surface area contributed by atoms with Crippen molar-refractivity contribution < 1.29 is 14.7 Å². The zero-order chi connectivity index (χ0) is 11.0. The van der Waals surface area contributed by atoms with Gasteiger partial charge >= 0.3 is 5.97 Å². The van der Waals surface area contributed by atoms with Gasteiger partial charge in [0.05, 0.1) is 0 Å². The summed E-state index contributed by atoms with van der Waals surface area (Å²) in [5.74, 6) is -1.29. The molecule has 0 aromatic heterocycles. The standard InChI is InChI=1S/C11H11NO3/c1-6-2-3-7-5-9(11(14)15)12-10(13)8(7)4-6/h2-4,9H,5H2,1H3,(H,12,13)(H,14,15). The molecule has 1 heterocycles. The number of hydrogen-bond acceptors (Lipinski definition) is 2. The fraction of sp³-hybridized carbons (Fsp3) is 0.273. The van der Waals surface area contributed by atoms with E-state index in [2.05, 4.69) is 5.32 Å². The van der Waals surface area contributed by atoms with Gasteiger partial charge in [0.25, 0.3) is 5.91 Å². The topological polar surface area (TPSA) is 66.4 Å². The van der Waals surface area contributed by atoms with Crippen molar-refractivity contribution in [2.75, 3.05) is 0 Å². The Hall–Kier alpha value is -1.84. The number of amides is 1. The molecule has 1 amide bonds. The summed E-state index contributed by atoms with van der Waals surface area (Å²) in [5.41, 5.74) is 2.39. The van der Waals surface area contributed by atoms with E-state index in [1.807, 2.05) is 19.1 Å². The lowest BCUT2D eigenvalue weighted by Crippen LogP contribution is -2.46. The van der Waals surface area contributed by atoms with Crippen molar-refractivity contribution in [3.63, 3.8) is 0 Å². The van der Waals surface area contributed by atoms with Gasteiger partial charge in [-0.25, -0.2) is 4.79 Å². The lowest BCUT2D eigenvalue weighted by Gasteiger charge is -2.22. The third-order valence-corrected chi connectivity index (χ3v) is 2.54. The van der Waals surface area contributed by atoms with Crippen LogP contribution in [-0.4, -0.2) is 23.0 Å². The van der Waals surface area contributed by atoms with Crippen LogP contribution in [-0.2, 0) is 11.2 Å². The van der Waals surface area contributed by atoms with Crippen LogP contribution in [0.25, 0.3) is 0 Å². The summed E-state index contributed by atoms with van der Waals surface area (Å²) in [7, 11) is 0. The lowest BCUT2D eigenvalue weighted by atomic mass is 9.94. The molecule has 4 nitrogen and oxygen atoms in total. The van der Waals surface area contributed by atoms with E-state index in [0.29, 0.717) is 12.0 Å². The van der Waals surface area contributed by atoms with Crippen molar-refractivity contribution in [3.8, 4) is 0 Å². The Kier molecular flexibility index (Phi) is 2.19. The second-order valence-electron chi connectivity index (χ2n) is 3.73. The number of fused-ring (bicyclic) bond motifs is 1. The summed E-state index contributed by atoms with van der Waals surface area (Å²) in [5, 5.41) is 11.3. The Balaban J connectivity index is 2.41. The fourth-order valence-corrected chi connectivity index (χ4v) is 1.74. The molecular formula is C11H11NO3. The van der Waals surface area contributed by atoms with Gasteiger partial charge < -0.3 is 10.4 Å². The molecule has 4 heteroatoms. The predicted octanol–water partition coefficient (Wildman–Crippen LogP) is 0.734. The molecule has 0 bridgehead atoms.